The summed E-state index contributed by atoms with van der Waals surface area (Å²) in [6, 6.07) is 25.6. The first-order valence-corrected chi connectivity index (χ1v) is 23.1. The third-order valence-corrected chi connectivity index (χ3v) is 11.8. The van der Waals surface area contributed by atoms with Crippen LogP contribution in [0.4, 0.5) is 16.3 Å². The van der Waals surface area contributed by atoms with E-state index in [1.807, 2.05) is 48.0 Å². The third-order valence-electron chi connectivity index (χ3n) is 9.84. The van der Waals surface area contributed by atoms with E-state index in [2.05, 4.69) is 32.4 Å². The van der Waals surface area contributed by atoms with Gasteiger partial charge < -0.3 is 28.8 Å². The zero-order chi connectivity index (χ0) is 45.9. The van der Waals surface area contributed by atoms with Gasteiger partial charge in [-0.05, 0) is 80.4 Å². The molecule has 3 aromatic carbocycles. The molecule has 0 fully saturated rings. The van der Waals surface area contributed by atoms with Gasteiger partial charge >= 0.3 is 18.0 Å². The Labute approximate surface area is 373 Å². The van der Waals surface area contributed by atoms with E-state index in [1.54, 1.807) is 67.7 Å². The highest BCUT2D eigenvalue weighted by Gasteiger charge is 2.30. The standard InChI is InChI=1S/C46H57N8O9P/c1-6-8-9-15-28-62-46(58)50-43(52-64(59,32-60-5)51-33(3)45(57)63-31-34-16-11-10-12-17-34)35-19-22-37(23-20-35)48-30-41-49-38-29-36(21-24-39(38)53(41)4)44(56)54(27-25-42(55)61-7-2)40-18-13-14-26-47-40/h10-14,16-24,26,29,33,48H,6-9,15,25,27-28,30-32H2,1-5H3,(H2,50,51,52,58,59). The Morgan fingerprint density at radius 2 is 1.64 bits per heavy atom. The van der Waals surface area contributed by atoms with Gasteiger partial charge in [0.25, 0.3) is 13.4 Å². The lowest BCUT2D eigenvalue weighted by Crippen LogP contribution is -2.36. The van der Waals surface area contributed by atoms with Crippen molar-refractivity contribution in [3.8, 4) is 0 Å². The fraction of sp³-hybridized carbons (Fsp3) is 0.370. The number of aryl methyl sites for hydroxylation is 1. The molecule has 18 heteroatoms. The molecule has 2 aromatic heterocycles. The molecule has 0 saturated heterocycles. The summed E-state index contributed by atoms with van der Waals surface area (Å²) in [5.74, 6) is -0.345. The minimum atomic E-state index is -3.90. The van der Waals surface area contributed by atoms with E-state index in [0.717, 1.165) is 30.3 Å². The molecule has 2 unspecified atom stereocenters. The van der Waals surface area contributed by atoms with Gasteiger partial charge in [-0.3, -0.25) is 29.2 Å². The summed E-state index contributed by atoms with van der Waals surface area (Å²) in [6.45, 7) is 6.20. The molecular formula is C46H57N8O9P. The molecule has 3 N–H and O–H groups in total. The smallest absolute Gasteiger partial charge is 0.412 e. The second-order valence-corrected chi connectivity index (χ2v) is 16.9. The van der Waals surface area contributed by atoms with Gasteiger partial charge in [0.1, 0.15) is 36.5 Å². The zero-order valence-corrected chi connectivity index (χ0v) is 37.8. The van der Waals surface area contributed by atoms with Crippen LogP contribution in [0.3, 0.4) is 0 Å². The number of nitrogens with zero attached hydrogens (tertiary/aromatic N) is 5. The van der Waals surface area contributed by atoms with E-state index < -0.39 is 31.5 Å². The number of hydrogen-bond donors (Lipinski definition) is 3. The van der Waals surface area contributed by atoms with Gasteiger partial charge in [0, 0.05) is 43.7 Å². The molecule has 5 rings (SSSR count). The average molecular weight is 897 g/mol. The zero-order valence-electron chi connectivity index (χ0n) is 37.0. The first-order chi connectivity index (χ1) is 30.9. The molecule has 0 aliphatic carbocycles. The molecule has 5 aromatic rings. The molecule has 340 valence electrons. The van der Waals surface area contributed by atoms with Crippen molar-refractivity contribution in [2.75, 3.05) is 43.4 Å². The van der Waals surface area contributed by atoms with E-state index in [-0.39, 0.29) is 50.9 Å². The number of carbonyl (C=O) groups is 4. The van der Waals surface area contributed by atoms with Crippen molar-refractivity contribution in [2.45, 2.75) is 72.1 Å². The van der Waals surface area contributed by atoms with Gasteiger partial charge in [-0.15, -0.1) is 0 Å². The van der Waals surface area contributed by atoms with Crippen molar-refractivity contribution in [1.82, 2.24) is 24.9 Å². The highest BCUT2D eigenvalue weighted by atomic mass is 31.2. The molecule has 0 aliphatic heterocycles. The summed E-state index contributed by atoms with van der Waals surface area (Å²) in [5, 5.41) is 8.80. The molecule has 0 bridgehead atoms. The highest BCUT2D eigenvalue weighted by molar-refractivity contribution is 7.60. The Balaban J connectivity index is 1.32. The number of rotatable bonds is 23. The normalized spacial score (nSPS) is 12.8. The van der Waals surface area contributed by atoms with Crippen molar-refractivity contribution < 1.29 is 42.7 Å². The van der Waals surface area contributed by atoms with Crippen LogP contribution >= 0.6 is 7.44 Å². The van der Waals surface area contributed by atoms with Gasteiger partial charge in [0.05, 0.1) is 37.2 Å². The predicted octanol–water partition coefficient (Wildman–Crippen LogP) is 7.75. The van der Waals surface area contributed by atoms with Crippen LogP contribution in [0.2, 0.25) is 0 Å². The van der Waals surface area contributed by atoms with Crippen LogP contribution in [0.25, 0.3) is 11.0 Å². The number of imidazole rings is 1. The number of pyridine rings is 1. The molecule has 2 amide bonds. The maximum absolute atomic E-state index is 14.3. The van der Waals surface area contributed by atoms with Crippen molar-refractivity contribution in [3.63, 3.8) is 0 Å². The van der Waals surface area contributed by atoms with E-state index in [4.69, 9.17) is 23.9 Å². The summed E-state index contributed by atoms with van der Waals surface area (Å²) in [7, 11) is -0.660. The summed E-state index contributed by atoms with van der Waals surface area (Å²) in [4.78, 5) is 62.6. The van der Waals surface area contributed by atoms with Crippen molar-refractivity contribution in [3.05, 3.63) is 120 Å². The number of amidine groups is 1. The van der Waals surface area contributed by atoms with Crippen LogP contribution < -0.4 is 20.6 Å². The van der Waals surface area contributed by atoms with Gasteiger partial charge in [-0.2, -0.15) is 4.76 Å². The largest absolute Gasteiger partial charge is 0.466 e. The fourth-order valence-corrected chi connectivity index (χ4v) is 8.25. The predicted molar refractivity (Wildman–Crippen MR) is 245 cm³/mol. The third kappa shape index (κ3) is 14.3. The summed E-state index contributed by atoms with van der Waals surface area (Å²) >= 11 is 0. The number of alkyl carbamates (subject to hydrolysis) is 1. The summed E-state index contributed by atoms with van der Waals surface area (Å²) in [6.07, 6.45) is 4.08. The Morgan fingerprint density at radius 3 is 2.34 bits per heavy atom. The second kappa shape index (κ2) is 24.4. The number of esters is 2. The molecule has 2 heterocycles. The maximum Gasteiger partial charge on any atom is 0.412 e. The molecule has 64 heavy (non-hydrogen) atoms. The number of methoxy groups -OCH3 is 1. The minimum absolute atomic E-state index is 0.00809. The first-order valence-electron chi connectivity index (χ1n) is 21.2. The highest BCUT2D eigenvalue weighted by Crippen LogP contribution is 2.44. The lowest BCUT2D eigenvalue weighted by atomic mass is 10.1. The number of fused-ring (bicyclic) bond motifs is 1. The Bertz CT molecular complexity index is 2400. The van der Waals surface area contributed by atoms with Crippen LogP contribution in [-0.2, 0) is 53.3 Å². The SMILES string of the molecule is CCCCCCOC(=O)NC(=NP(=O)(COC)NC(C)C(=O)OCc1ccccc1)c1ccc(NCc2nc3cc(C(=O)N(CCC(=O)OCC)c4ccccn4)ccc3n2C)cc1. The topological polar surface area (TPSA) is 205 Å². The minimum Gasteiger partial charge on any atom is -0.466 e. The van der Waals surface area contributed by atoms with Gasteiger partial charge in [-0.1, -0.05) is 62.6 Å². The van der Waals surface area contributed by atoms with Gasteiger partial charge in [-0.25, -0.2) is 19.8 Å². The van der Waals surface area contributed by atoms with Crippen LogP contribution in [0.5, 0.6) is 0 Å². The van der Waals surface area contributed by atoms with Crippen LogP contribution in [0.1, 0.15) is 80.2 Å². The number of amides is 2. The van der Waals surface area contributed by atoms with Crippen LogP contribution in [0.15, 0.2) is 102 Å². The van der Waals surface area contributed by atoms with E-state index in [0.29, 0.717) is 46.9 Å². The molecule has 0 saturated carbocycles. The van der Waals surface area contributed by atoms with E-state index in [1.165, 1.54) is 18.9 Å². The Hall–Kier alpha value is -6.42. The summed E-state index contributed by atoms with van der Waals surface area (Å²) in [5.41, 5.74) is 3.69. The average Bonchev–Trinajstić information content (AvgIpc) is 3.61. The number of unbranched alkanes of at least 4 members (excludes halogenated alkanes) is 3. The number of carbonyl (C=O) groups excluding carboxylic acids is 4. The summed E-state index contributed by atoms with van der Waals surface area (Å²) < 4.78 is 41.9. The van der Waals surface area contributed by atoms with Crippen molar-refractivity contribution in [2.24, 2.45) is 11.8 Å². The van der Waals surface area contributed by atoms with Crippen molar-refractivity contribution >= 4 is 59.8 Å². The number of nitrogens with one attached hydrogen (secondary N) is 3. The van der Waals surface area contributed by atoms with Crippen molar-refractivity contribution in [1.29, 1.82) is 0 Å². The number of anilines is 2. The lowest BCUT2D eigenvalue weighted by Gasteiger charge is -2.21. The lowest BCUT2D eigenvalue weighted by molar-refractivity contribution is -0.146. The van der Waals surface area contributed by atoms with E-state index >= 15 is 0 Å². The molecule has 17 nitrogen and oxygen atoms in total. The number of aromatic nitrogens is 3. The van der Waals surface area contributed by atoms with Crippen LogP contribution in [0, 0.1) is 0 Å². The Morgan fingerprint density at radius 1 is 0.891 bits per heavy atom. The number of benzene rings is 3. The quantitative estimate of drug-likeness (QED) is 0.0143. The molecular weight excluding hydrogens is 840 g/mol. The molecule has 0 aliphatic rings. The fourth-order valence-electron chi connectivity index (χ4n) is 6.52. The molecule has 0 radical (unpaired) electrons. The van der Waals surface area contributed by atoms with Gasteiger partial charge in [0.15, 0.2) is 0 Å². The molecule has 2 atom stereocenters. The maximum atomic E-state index is 14.3. The van der Waals surface area contributed by atoms with Gasteiger partial charge in [0.2, 0.25) is 0 Å². The Kier molecular flexibility index (Phi) is 18.6. The second-order valence-electron chi connectivity index (χ2n) is 14.8. The first kappa shape index (κ1) is 48.6. The number of hydrogen-bond acceptors (Lipinski definition) is 12. The monoisotopic (exact) mass is 896 g/mol. The molecule has 0 spiro atoms. The number of ether oxygens (including phenoxy) is 4. The van der Waals surface area contributed by atoms with Crippen LogP contribution in [-0.4, -0.2) is 83.6 Å². The van der Waals surface area contributed by atoms with E-state index in [9.17, 15) is 23.7 Å².